The largest absolute Gasteiger partial charge is 0.497 e. The zero-order valence-electron chi connectivity index (χ0n) is 7.12. The first kappa shape index (κ1) is 7.98. The van der Waals surface area contributed by atoms with Crippen molar-refractivity contribution >= 4 is 10.9 Å². The summed E-state index contributed by atoms with van der Waals surface area (Å²) in [5.41, 5.74) is 0.640. The number of ether oxygens (including phenoxy) is 1. The molecule has 0 bridgehead atoms. The quantitative estimate of drug-likeness (QED) is 0.624. The van der Waals surface area contributed by atoms with E-state index in [0.29, 0.717) is 5.52 Å². The molecule has 0 spiro atoms. The van der Waals surface area contributed by atoms with E-state index in [0.717, 1.165) is 11.1 Å². The van der Waals surface area contributed by atoms with E-state index in [2.05, 4.69) is 4.98 Å². The molecule has 0 amide bonds. The van der Waals surface area contributed by atoms with E-state index in [-0.39, 0.29) is 0 Å². The number of pyridine rings is 1. The molecule has 3 heteroatoms. The summed E-state index contributed by atoms with van der Waals surface area (Å²) in [5.74, 6) is 0.290. The molecule has 2 nitrogen and oxygen atoms in total. The van der Waals surface area contributed by atoms with Crippen LogP contribution in [0.5, 0.6) is 5.75 Å². The average molecular weight is 177 g/mol. The van der Waals surface area contributed by atoms with Crippen molar-refractivity contribution in [2.75, 3.05) is 7.11 Å². The van der Waals surface area contributed by atoms with E-state index in [1.54, 1.807) is 25.3 Å². The maximum atomic E-state index is 12.7. The number of hydrogen-bond acceptors (Lipinski definition) is 2. The lowest BCUT2D eigenvalue weighted by Crippen LogP contribution is -1.86. The van der Waals surface area contributed by atoms with Gasteiger partial charge in [-0.05, 0) is 30.3 Å². The predicted octanol–water partition coefficient (Wildman–Crippen LogP) is 2.38. The molecule has 0 radical (unpaired) electrons. The summed E-state index contributed by atoms with van der Waals surface area (Å²) in [7, 11) is 1.60. The van der Waals surface area contributed by atoms with E-state index in [1.807, 2.05) is 6.07 Å². The minimum atomic E-state index is -0.460. The maximum absolute atomic E-state index is 12.7. The van der Waals surface area contributed by atoms with Crippen molar-refractivity contribution in [3.05, 3.63) is 36.3 Å². The molecule has 66 valence electrons. The lowest BCUT2D eigenvalue weighted by Gasteiger charge is -2.00. The molecule has 0 aliphatic rings. The molecule has 0 fully saturated rings. The first-order valence-electron chi connectivity index (χ1n) is 3.90. The van der Waals surface area contributed by atoms with Gasteiger partial charge in [0.25, 0.3) is 0 Å². The topological polar surface area (TPSA) is 22.1 Å². The molecule has 1 aromatic heterocycles. The van der Waals surface area contributed by atoms with Crippen LogP contribution in [0.2, 0.25) is 0 Å². The number of rotatable bonds is 1. The zero-order valence-corrected chi connectivity index (χ0v) is 7.12. The van der Waals surface area contributed by atoms with Crippen LogP contribution in [0.3, 0.4) is 0 Å². The Kier molecular flexibility index (Phi) is 1.85. The summed E-state index contributed by atoms with van der Waals surface area (Å²) < 4.78 is 17.7. The third kappa shape index (κ3) is 1.45. The summed E-state index contributed by atoms with van der Waals surface area (Å²) >= 11 is 0. The van der Waals surface area contributed by atoms with Gasteiger partial charge in [0, 0.05) is 5.39 Å². The molecule has 0 saturated carbocycles. The number of halogens is 1. The molecule has 0 unspecified atom stereocenters. The Hall–Kier alpha value is -1.64. The number of benzene rings is 1. The minimum Gasteiger partial charge on any atom is -0.497 e. The van der Waals surface area contributed by atoms with E-state index < -0.39 is 5.95 Å². The van der Waals surface area contributed by atoms with Gasteiger partial charge in [-0.1, -0.05) is 0 Å². The first-order valence-corrected chi connectivity index (χ1v) is 3.90. The van der Waals surface area contributed by atoms with Gasteiger partial charge in [-0.15, -0.1) is 0 Å². The summed E-state index contributed by atoms with van der Waals surface area (Å²) in [6, 6.07) is 8.33. The lowest BCUT2D eigenvalue weighted by molar-refractivity contribution is 0.415. The van der Waals surface area contributed by atoms with Crippen LogP contribution in [0.1, 0.15) is 0 Å². The second kappa shape index (κ2) is 3.01. The van der Waals surface area contributed by atoms with Crippen LogP contribution in [-0.2, 0) is 0 Å². The van der Waals surface area contributed by atoms with Gasteiger partial charge in [0.1, 0.15) is 5.75 Å². The zero-order chi connectivity index (χ0) is 9.26. The molecule has 1 heterocycles. The van der Waals surface area contributed by atoms with Crippen LogP contribution in [0.15, 0.2) is 30.3 Å². The third-order valence-corrected chi connectivity index (χ3v) is 1.86. The van der Waals surface area contributed by atoms with Crippen molar-refractivity contribution in [2.24, 2.45) is 0 Å². The Balaban J connectivity index is 2.66. The number of hydrogen-bond donors (Lipinski definition) is 0. The van der Waals surface area contributed by atoms with Crippen LogP contribution in [0.4, 0.5) is 4.39 Å². The molecular formula is C10H8FNO. The van der Waals surface area contributed by atoms with Gasteiger partial charge in [-0.3, -0.25) is 0 Å². The summed E-state index contributed by atoms with van der Waals surface area (Å²) in [6.07, 6.45) is 0. The molecule has 0 aliphatic carbocycles. The van der Waals surface area contributed by atoms with Gasteiger partial charge in [-0.25, -0.2) is 4.98 Å². The maximum Gasteiger partial charge on any atom is 0.213 e. The van der Waals surface area contributed by atoms with Crippen molar-refractivity contribution in [2.45, 2.75) is 0 Å². The van der Waals surface area contributed by atoms with Gasteiger partial charge in [-0.2, -0.15) is 4.39 Å². The monoisotopic (exact) mass is 177 g/mol. The van der Waals surface area contributed by atoms with Crippen molar-refractivity contribution in [1.82, 2.24) is 4.98 Å². The average Bonchev–Trinajstić information content (AvgIpc) is 2.17. The Labute approximate surface area is 75.0 Å². The van der Waals surface area contributed by atoms with E-state index in [1.165, 1.54) is 6.07 Å². The minimum absolute atomic E-state index is 0.460. The molecule has 0 aliphatic heterocycles. The van der Waals surface area contributed by atoms with Gasteiger partial charge in [0.05, 0.1) is 12.6 Å². The van der Waals surface area contributed by atoms with Crippen molar-refractivity contribution in [1.29, 1.82) is 0 Å². The van der Waals surface area contributed by atoms with E-state index in [9.17, 15) is 4.39 Å². The number of methoxy groups -OCH3 is 1. The van der Waals surface area contributed by atoms with Crippen LogP contribution in [-0.4, -0.2) is 12.1 Å². The number of nitrogens with zero attached hydrogens (tertiary/aromatic N) is 1. The Bertz CT molecular complexity index is 442. The molecule has 0 N–H and O–H groups in total. The van der Waals surface area contributed by atoms with Crippen LogP contribution in [0.25, 0.3) is 10.9 Å². The van der Waals surface area contributed by atoms with Gasteiger partial charge in [0.2, 0.25) is 5.95 Å². The fourth-order valence-corrected chi connectivity index (χ4v) is 1.21. The second-order valence-corrected chi connectivity index (χ2v) is 2.69. The Morgan fingerprint density at radius 3 is 2.85 bits per heavy atom. The first-order chi connectivity index (χ1) is 6.29. The molecule has 2 aromatic rings. The predicted molar refractivity (Wildman–Crippen MR) is 48.3 cm³/mol. The fraction of sp³-hybridized carbons (Fsp3) is 0.100. The summed E-state index contributed by atoms with van der Waals surface area (Å²) in [5, 5.41) is 0.876. The fourth-order valence-electron chi connectivity index (χ4n) is 1.21. The van der Waals surface area contributed by atoms with Gasteiger partial charge in [0.15, 0.2) is 0 Å². The van der Waals surface area contributed by atoms with Crippen molar-refractivity contribution < 1.29 is 9.13 Å². The standard InChI is InChI=1S/C10H8FNO/c1-13-8-3-4-9-7(6-8)2-5-10(11)12-9/h2-6H,1H3. The van der Waals surface area contributed by atoms with E-state index in [4.69, 9.17) is 4.74 Å². The normalized spacial score (nSPS) is 10.3. The van der Waals surface area contributed by atoms with E-state index >= 15 is 0 Å². The summed E-state index contributed by atoms with van der Waals surface area (Å²) in [4.78, 5) is 3.73. The molecule has 0 saturated heterocycles. The highest BCUT2D eigenvalue weighted by molar-refractivity contribution is 5.79. The number of fused-ring (bicyclic) bond motifs is 1. The summed E-state index contributed by atoms with van der Waals surface area (Å²) in [6.45, 7) is 0. The van der Waals surface area contributed by atoms with Crippen LogP contribution in [0, 0.1) is 5.95 Å². The van der Waals surface area contributed by atoms with Crippen LogP contribution >= 0.6 is 0 Å². The molecule has 1 aromatic carbocycles. The highest BCUT2D eigenvalue weighted by Crippen LogP contribution is 2.18. The van der Waals surface area contributed by atoms with Gasteiger partial charge >= 0.3 is 0 Å². The lowest BCUT2D eigenvalue weighted by atomic mass is 10.2. The van der Waals surface area contributed by atoms with Gasteiger partial charge < -0.3 is 4.74 Å². The third-order valence-electron chi connectivity index (χ3n) is 1.86. The molecule has 0 atom stereocenters. The second-order valence-electron chi connectivity index (χ2n) is 2.69. The van der Waals surface area contributed by atoms with Crippen LogP contribution < -0.4 is 4.74 Å². The highest BCUT2D eigenvalue weighted by atomic mass is 19.1. The highest BCUT2D eigenvalue weighted by Gasteiger charge is 1.98. The van der Waals surface area contributed by atoms with Crippen molar-refractivity contribution in [3.8, 4) is 5.75 Å². The Morgan fingerprint density at radius 1 is 1.23 bits per heavy atom. The smallest absolute Gasteiger partial charge is 0.213 e. The molecular weight excluding hydrogens is 169 g/mol. The van der Waals surface area contributed by atoms with Crippen molar-refractivity contribution in [3.63, 3.8) is 0 Å². The Morgan fingerprint density at radius 2 is 2.08 bits per heavy atom. The number of aromatic nitrogens is 1. The molecule has 13 heavy (non-hydrogen) atoms. The SMILES string of the molecule is COc1ccc2nc(F)ccc2c1. The molecule has 2 rings (SSSR count).